The van der Waals surface area contributed by atoms with E-state index in [2.05, 4.69) is 15.3 Å². The summed E-state index contributed by atoms with van der Waals surface area (Å²) in [5, 5.41) is 2.67. The summed E-state index contributed by atoms with van der Waals surface area (Å²) in [6.07, 6.45) is 1.49. The number of aromatic nitrogens is 2. The summed E-state index contributed by atoms with van der Waals surface area (Å²) in [6, 6.07) is 4.69. The van der Waals surface area contributed by atoms with E-state index in [0.717, 1.165) is 18.2 Å². The van der Waals surface area contributed by atoms with Gasteiger partial charge in [0.05, 0.1) is 12.2 Å². The topological polar surface area (TPSA) is 63.8 Å². The van der Waals surface area contributed by atoms with Gasteiger partial charge in [0, 0.05) is 12.3 Å². The first kappa shape index (κ1) is 11.4. The monoisotopic (exact) mass is 236 g/mol. The number of hydrogen-bond acceptors (Lipinski definition) is 4. The lowest BCUT2D eigenvalue weighted by Crippen LogP contribution is -2.05. The van der Waals surface area contributed by atoms with Crippen LogP contribution in [0.3, 0.4) is 0 Å². The van der Waals surface area contributed by atoms with Gasteiger partial charge in [-0.2, -0.15) is 0 Å². The molecular formula is C11H10F2N4. The van der Waals surface area contributed by atoms with Crippen molar-refractivity contribution in [2.24, 2.45) is 5.73 Å². The molecule has 0 aliphatic heterocycles. The average molecular weight is 236 g/mol. The fraction of sp³-hybridized carbons (Fsp3) is 0.0909. The van der Waals surface area contributed by atoms with Crippen LogP contribution in [-0.4, -0.2) is 9.97 Å². The Balaban J connectivity index is 2.27. The van der Waals surface area contributed by atoms with Crippen LogP contribution in [0.1, 0.15) is 5.82 Å². The lowest BCUT2D eigenvalue weighted by molar-refractivity contribution is 0.603. The molecule has 0 amide bonds. The van der Waals surface area contributed by atoms with Gasteiger partial charge in [0.15, 0.2) is 0 Å². The lowest BCUT2D eigenvalue weighted by atomic mass is 10.3. The third-order valence-electron chi connectivity index (χ3n) is 2.08. The van der Waals surface area contributed by atoms with Crippen LogP contribution in [0.4, 0.5) is 20.3 Å². The van der Waals surface area contributed by atoms with E-state index in [1.54, 1.807) is 6.07 Å². The molecule has 6 heteroatoms. The standard InChI is InChI=1S/C11H10F2N4/c12-7-1-2-8(13)9(5-7)16-10-3-4-15-11(6-14)17-10/h1-5H,6,14H2,(H,15,16,17). The van der Waals surface area contributed by atoms with Crippen molar-refractivity contribution in [2.75, 3.05) is 5.32 Å². The lowest BCUT2D eigenvalue weighted by Gasteiger charge is -2.07. The molecule has 2 rings (SSSR count). The number of nitrogens with one attached hydrogen (secondary N) is 1. The van der Waals surface area contributed by atoms with Crippen molar-refractivity contribution >= 4 is 11.5 Å². The quantitative estimate of drug-likeness (QED) is 0.855. The highest BCUT2D eigenvalue weighted by Gasteiger charge is 2.05. The van der Waals surface area contributed by atoms with E-state index < -0.39 is 11.6 Å². The van der Waals surface area contributed by atoms with Gasteiger partial charge in [0.2, 0.25) is 0 Å². The first-order chi connectivity index (χ1) is 8.19. The normalized spacial score (nSPS) is 10.3. The molecule has 0 aliphatic rings. The molecule has 88 valence electrons. The second-order valence-corrected chi connectivity index (χ2v) is 3.31. The van der Waals surface area contributed by atoms with Crippen LogP contribution in [-0.2, 0) is 6.54 Å². The van der Waals surface area contributed by atoms with Crippen LogP contribution in [0.5, 0.6) is 0 Å². The summed E-state index contributed by atoms with van der Waals surface area (Å²) in [5.74, 6) is -0.293. The minimum atomic E-state index is -0.556. The number of rotatable bonds is 3. The van der Waals surface area contributed by atoms with Gasteiger partial charge < -0.3 is 11.1 Å². The van der Waals surface area contributed by atoms with Crippen molar-refractivity contribution in [1.82, 2.24) is 9.97 Å². The Kier molecular flexibility index (Phi) is 3.24. The van der Waals surface area contributed by atoms with Gasteiger partial charge >= 0.3 is 0 Å². The van der Waals surface area contributed by atoms with Crippen LogP contribution in [0.2, 0.25) is 0 Å². The van der Waals surface area contributed by atoms with E-state index in [-0.39, 0.29) is 12.2 Å². The summed E-state index contributed by atoms with van der Waals surface area (Å²) in [4.78, 5) is 7.92. The number of nitrogens with two attached hydrogens (primary N) is 1. The molecule has 3 N–H and O–H groups in total. The van der Waals surface area contributed by atoms with Crippen LogP contribution in [0.25, 0.3) is 0 Å². The van der Waals surface area contributed by atoms with Gasteiger partial charge in [-0.05, 0) is 18.2 Å². The Morgan fingerprint density at radius 1 is 1.24 bits per heavy atom. The van der Waals surface area contributed by atoms with E-state index in [0.29, 0.717) is 11.6 Å². The van der Waals surface area contributed by atoms with E-state index in [1.807, 2.05) is 0 Å². The Hall–Kier alpha value is -2.08. The molecule has 1 heterocycles. The van der Waals surface area contributed by atoms with Crippen molar-refractivity contribution in [3.05, 3.63) is 47.9 Å². The van der Waals surface area contributed by atoms with Crippen LogP contribution in [0, 0.1) is 11.6 Å². The van der Waals surface area contributed by atoms with Crippen molar-refractivity contribution in [3.8, 4) is 0 Å². The minimum absolute atomic E-state index is 0.0201. The summed E-state index contributed by atoms with van der Waals surface area (Å²) in [6.45, 7) is 0.182. The van der Waals surface area contributed by atoms with Crippen molar-refractivity contribution in [2.45, 2.75) is 6.54 Å². The number of halogens is 2. The van der Waals surface area contributed by atoms with E-state index in [4.69, 9.17) is 5.73 Å². The first-order valence-electron chi connectivity index (χ1n) is 4.93. The largest absolute Gasteiger partial charge is 0.338 e. The molecule has 0 atom stereocenters. The van der Waals surface area contributed by atoms with Gasteiger partial charge in [-0.3, -0.25) is 0 Å². The summed E-state index contributed by atoms with van der Waals surface area (Å²) in [7, 11) is 0. The molecule has 1 aromatic heterocycles. The van der Waals surface area contributed by atoms with E-state index in [9.17, 15) is 8.78 Å². The average Bonchev–Trinajstić information content (AvgIpc) is 2.34. The SMILES string of the molecule is NCc1nccc(Nc2cc(F)ccc2F)n1. The predicted molar refractivity (Wildman–Crippen MR) is 59.6 cm³/mol. The molecule has 0 spiro atoms. The molecule has 0 saturated heterocycles. The van der Waals surface area contributed by atoms with Crippen LogP contribution < -0.4 is 11.1 Å². The fourth-order valence-electron chi connectivity index (χ4n) is 1.30. The highest BCUT2D eigenvalue weighted by Crippen LogP contribution is 2.19. The Morgan fingerprint density at radius 3 is 2.82 bits per heavy atom. The maximum absolute atomic E-state index is 13.3. The highest BCUT2D eigenvalue weighted by atomic mass is 19.1. The third kappa shape index (κ3) is 2.73. The fourth-order valence-corrected chi connectivity index (χ4v) is 1.30. The predicted octanol–water partition coefficient (Wildman–Crippen LogP) is 1.96. The third-order valence-corrected chi connectivity index (χ3v) is 2.08. The van der Waals surface area contributed by atoms with E-state index >= 15 is 0 Å². The Bertz CT molecular complexity index is 531. The van der Waals surface area contributed by atoms with Gasteiger partial charge in [0.1, 0.15) is 23.3 Å². The van der Waals surface area contributed by atoms with Crippen molar-refractivity contribution in [3.63, 3.8) is 0 Å². The summed E-state index contributed by atoms with van der Waals surface area (Å²) in [5.41, 5.74) is 5.40. The molecule has 1 aromatic carbocycles. The van der Waals surface area contributed by atoms with Gasteiger partial charge in [-0.15, -0.1) is 0 Å². The molecule has 0 bridgehead atoms. The van der Waals surface area contributed by atoms with Crippen molar-refractivity contribution in [1.29, 1.82) is 0 Å². The number of hydrogen-bond donors (Lipinski definition) is 2. The molecule has 17 heavy (non-hydrogen) atoms. The van der Waals surface area contributed by atoms with E-state index in [1.165, 1.54) is 6.20 Å². The molecule has 0 fully saturated rings. The van der Waals surface area contributed by atoms with Crippen LogP contribution >= 0.6 is 0 Å². The zero-order valence-corrected chi connectivity index (χ0v) is 8.82. The smallest absolute Gasteiger partial charge is 0.146 e. The van der Waals surface area contributed by atoms with Crippen molar-refractivity contribution < 1.29 is 8.78 Å². The summed E-state index contributed by atoms with van der Waals surface area (Å²) >= 11 is 0. The molecule has 2 aromatic rings. The maximum Gasteiger partial charge on any atom is 0.146 e. The molecule has 0 aliphatic carbocycles. The number of benzene rings is 1. The van der Waals surface area contributed by atoms with Gasteiger partial charge in [-0.25, -0.2) is 18.7 Å². The Labute approximate surface area is 96.5 Å². The number of anilines is 2. The second kappa shape index (κ2) is 4.84. The maximum atomic E-state index is 13.3. The van der Waals surface area contributed by atoms with Gasteiger partial charge in [-0.1, -0.05) is 0 Å². The first-order valence-corrected chi connectivity index (χ1v) is 4.93. The zero-order valence-electron chi connectivity index (χ0n) is 8.82. The molecule has 0 radical (unpaired) electrons. The second-order valence-electron chi connectivity index (χ2n) is 3.31. The molecule has 0 unspecified atom stereocenters. The Morgan fingerprint density at radius 2 is 2.06 bits per heavy atom. The van der Waals surface area contributed by atoms with Gasteiger partial charge in [0.25, 0.3) is 0 Å². The summed E-state index contributed by atoms with van der Waals surface area (Å²) < 4.78 is 26.3. The molecule has 4 nitrogen and oxygen atoms in total. The minimum Gasteiger partial charge on any atom is -0.338 e. The highest BCUT2D eigenvalue weighted by molar-refractivity contribution is 5.56. The zero-order chi connectivity index (χ0) is 12.3. The molecular weight excluding hydrogens is 226 g/mol. The molecule has 0 saturated carbocycles. The van der Waals surface area contributed by atoms with Crippen LogP contribution in [0.15, 0.2) is 30.5 Å². The number of nitrogens with zero attached hydrogens (tertiary/aromatic N) is 2.